The average Bonchev–Trinajstić information content (AvgIpc) is 2.37. The molecule has 1 aromatic rings. The molecule has 1 aliphatic rings. The molecule has 0 aliphatic heterocycles. The van der Waals surface area contributed by atoms with Crippen molar-refractivity contribution in [3.05, 3.63) is 22.2 Å². The maximum absolute atomic E-state index is 6.38. The highest BCUT2D eigenvalue weighted by Crippen LogP contribution is 2.44. The van der Waals surface area contributed by atoms with E-state index in [-0.39, 0.29) is 12.4 Å². The van der Waals surface area contributed by atoms with Crippen molar-refractivity contribution in [1.29, 1.82) is 0 Å². The molecule has 0 aromatic heterocycles. The molecule has 19 heavy (non-hydrogen) atoms. The fourth-order valence-corrected chi connectivity index (χ4v) is 3.15. The summed E-state index contributed by atoms with van der Waals surface area (Å²) >= 11 is 6.38. The monoisotopic (exact) mass is 305 g/mol. The predicted octanol–water partition coefficient (Wildman–Crippen LogP) is -1.12. The highest BCUT2D eigenvalue weighted by atomic mass is 35.5. The van der Waals surface area contributed by atoms with Crippen LogP contribution in [-0.4, -0.2) is 28.3 Å². The van der Waals surface area contributed by atoms with Crippen molar-refractivity contribution in [2.75, 3.05) is 28.3 Å². The Balaban J connectivity index is 0.00000180. The first-order valence-corrected chi connectivity index (χ1v) is 6.71. The average molecular weight is 306 g/mol. The van der Waals surface area contributed by atoms with Crippen LogP contribution in [0.4, 0.5) is 0 Å². The maximum Gasteiger partial charge on any atom is 0.170 e. The van der Waals surface area contributed by atoms with E-state index in [2.05, 4.69) is 14.1 Å². The van der Waals surface area contributed by atoms with Gasteiger partial charge in [0.15, 0.2) is 11.5 Å². The molecule has 0 amide bonds. The summed E-state index contributed by atoms with van der Waals surface area (Å²) in [6.07, 6.45) is 3.37. The molecule has 108 valence electrons. The molecule has 5 heteroatoms. The van der Waals surface area contributed by atoms with E-state index in [1.54, 1.807) is 14.2 Å². The highest BCUT2D eigenvalue weighted by Gasteiger charge is 2.32. The molecule has 0 heterocycles. The normalized spacial score (nSPS) is 17.7. The van der Waals surface area contributed by atoms with Gasteiger partial charge < -0.3 is 26.8 Å². The summed E-state index contributed by atoms with van der Waals surface area (Å²) in [4.78, 5) is 1.40. The Morgan fingerprint density at radius 3 is 2.47 bits per heavy atom. The van der Waals surface area contributed by atoms with Gasteiger partial charge in [0.2, 0.25) is 0 Å². The van der Waals surface area contributed by atoms with Gasteiger partial charge >= 0.3 is 0 Å². The van der Waals surface area contributed by atoms with Gasteiger partial charge in [0.1, 0.15) is 6.04 Å². The Morgan fingerprint density at radius 2 is 1.95 bits per heavy atom. The Kier molecular flexibility index (Phi) is 5.78. The molecule has 2 rings (SSSR count). The SMILES string of the molecule is COc1cc(Cl)c2c(c1OC)C([NH+](C)C)CCC2.[Cl-]. The number of quaternary nitrogens is 1. The van der Waals surface area contributed by atoms with Crippen LogP contribution in [0.1, 0.15) is 30.0 Å². The number of benzene rings is 1. The Morgan fingerprint density at radius 1 is 1.26 bits per heavy atom. The van der Waals surface area contributed by atoms with Crippen LogP contribution in [0.15, 0.2) is 6.07 Å². The third kappa shape index (κ3) is 2.93. The van der Waals surface area contributed by atoms with Crippen molar-refractivity contribution in [3.63, 3.8) is 0 Å². The minimum Gasteiger partial charge on any atom is -1.00 e. The lowest BCUT2D eigenvalue weighted by Crippen LogP contribution is -3.06. The van der Waals surface area contributed by atoms with Gasteiger partial charge in [0.25, 0.3) is 0 Å². The van der Waals surface area contributed by atoms with Gasteiger partial charge in [0, 0.05) is 17.5 Å². The van der Waals surface area contributed by atoms with E-state index in [9.17, 15) is 0 Å². The Labute approximate surface area is 126 Å². The second-order valence-corrected chi connectivity index (χ2v) is 5.42. The fraction of sp³-hybridized carbons (Fsp3) is 0.571. The molecule has 3 nitrogen and oxygen atoms in total. The maximum atomic E-state index is 6.38. The van der Waals surface area contributed by atoms with Gasteiger partial charge in [-0.25, -0.2) is 0 Å². The zero-order chi connectivity index (χ0) is 13.3. The van der Waals surface area contributed by atoms with E-state index in [1.165, 1.54) is 22.4 Å². The number of methoxy groups -OCH3 is 2. The summed E-state index contributed by atoms with van der Waals surface area (Å²) in [6, 6.07) is 2.29. The smallest absolute Gasteiger partial charge is 0.170 e. The third-order valence-corrected chi connectivity index (χ3v) is 4.07. The van der Waals surface area contributed by atoms with Gasteiger partial charge in [-0.3, -0.25) is 0 Å². The second-order valence-electron chi connectivity index (χ2n) is 5.01. The van der Waals surface area contributed by atoms with Crippen LogP contribution in [0.2, 0.25) is 5.02 Å². The summed E-state index contributed by atoms with van der Waals surface area (Å²) in [7, 11) is 7.70. The van der Waals surface area contributed by atoms with Gasteiger partial charge in [-0.15, -0.1) is 0 Å². The third-order valence-electron chi connectivity index (χ3n) is 3.73. The van der Waals surface area contributed by atoms with Crippen molar-refractivity contribution in [1.82, 2.24) is 0 Å². The molecule has 0 saturated carbocycles. The van der Waals surface area contributed by atoms with Gasteiger partial charge in [0.05, 0.1) is 33.9 Å². The minimum absolute atomic E-state index is 0. The molecule has 0 radical (unpaired) electrons. The summed E-state index contributed by atoms with van der Waals surface area (Å²) in [5.41, 5.74) is 2.46. The molecule has 1 unspecified atom stereocenters. The van der Waals surface area contributed by atoms with Crippen molar-refractivity contribution in [2.45, 2.75) is 25.3 Å². The van der Waals surface area contributed by atoms with Gasteiger partial charge in [-0.2, -0.15) is 0 Å². The first-order valence-electron chi connectivity index (χ1n) is 6.33. The van der Waals surface area contributed by atoms with Crippen LogP contribution in [0, 0.1) is 0 Å². The van der Waals surface area contributed by atoms with Crippen LogP contribution in [0.25, 0.3) is 0 Å². The number of halogens is 2. The number of hydrogen-bond donors (Lipinski definition) is 1. The second kappa shape index (κ2) is 6.69. The number of hydrogen-bond acceptors (Lipinski definition) is 2. The molecule has 1 aromatic carbocycles. The molecule has 1 atom stereocenters. The van der Waals surface area contributed by atoms with Crippen LogP contribution >= 0.6 is 11.6 Å². The Bertz CT molecular complexity index is 450. The van der Waals surface area contributed by atoms with Crippen molar-refractivity contribution in [2.24, 2.45) is 0 Å². The van der Waals surface area contributed by atoms with Crippen LogP contribution in [0.3, 0.4) is 0 Å². The molecule has 0 spiro atoms. The van der Waals surface area contributed by atoms with Crippen molar-refractivity contribution >= 4 is 11.6 Å². The van der Waals surface area contributed by atoms with E-state index in [0.29, 0.717) is 6.04 Å². The van der Waals surface area contributed by atoms with E-state index in [1.807, 2.05) is 6.07 Å². The standard InChI is InChI=1S/C14H20ClNO2.ClH/c1-16(2)11-7-5-6-9-10(15)8-12(17-3)14(18-4)13(9)11;/h8,11H,5-7H2,1-4H3;1H. The highest BCUT2D eigenvalue weighted by molar-refractivity contribution is 6.31. The summed E-state index contributed by atoms with van der Waals surface area (Å²) in [6.45, 7) is 0. The first kappa shape index (κ1) is 16.4. The van der Waals surface area contributed by atoms with E-state index >= 15 is 0 Å². The molecular weight excluding hydrogens is 285 g/mol. The Hall–Kier alpha value is -0.640. The van der Waals surface area contributed by atoms with Gasteiger partial charge in [-0.05, 0) is 18.4 Å². The summed E-state index contributed by atoms with van der Waals surface area (Å²) < 4.78 is 11.0. The zero-order valence-corrected chi connectivity index (χ0v) is 13.4. The first-order chi connectivity index (χ1) is 8.60. The largest absolute Gasteiger partial charge is 1.00 e. The molecule has 0 bridgehead atoms. The minimum atomic E-state index is 0. The summed E-state index contributed by atoms with van der Waals surface area (Å²) in [5, 5.41) is 0.800. The van der Waals surface area contributed by atoms with Crippen LogP contribution < -0.4 is 26.8 Å². The van der Waals surface area contributed by atoms with Crippen LogP contribution in [0.5, 0.6) is 11.5 Å². The summed E-state index contributed by atoms with van der Waals surface area (Å²) in [5.74, 6) is 1.58. The lowest BCUT2D eigenvalue weighted by molar-refractivity contribution is -0.893. The van der Waals surface area contributed by atoms with Gasteiger partial charge in [-0.1, -0.05) is 11.6 Å². The molecule has 0 saturated heterocycles. The predicted molar refractivity (Wildman–Crippen MR) is 73.0 cm³/mol. The lowest BCUT2D eigenvalue weighted by Gasteiger charge is -2.30. The van der Waals surface area contributed by atoms with E-state index in [4.69, 9.17) is 21.1 Å². The zero-order valence-electron chi connectivity index (χ0n) is 11.8. The molecule has 0 fully saturated rings. The van der Waals surface area contributed by atoms with E-state index < -0.39 is 0 Å². The van der Waals surface area contributed by atoms with E-state index in [0.717, 1.165) is 29.4 Å². The van der Waals surface area contributed by atoms with Crippen LogP contribution in [-0.2, 0) is 6.42 Å². The fourth-order valence-electron chi connectivity index (χ4n) is 2.86. The quantitative estimate of drug-likeness (QED) is 0.765. The molecule has 1 N–H and O–H groups in total. The lowest BCUT2D eigenvalue weighted by atomic mass is 9.86. The number of ether oxygens (including phenoxy) is 2. The number of fused-ring (bicyclic) bond motifs is 1. The molecule has 1 aliphatic carbocycles. The topological polar surface area (TPSA) is 22.9 Å². The van der Waals surface area contributed by atoms with Crippen molar-refractivity contribution in [3.8, 4) is 11.5 Å². The molecular formula is C14H21Cl2NO2. The van der Waals surface area contributed by atoms with Crippen molar-refractivity contribution < 1.29 is 26.8 Å². The number of rotatable bonds is 3. The number of nitrogens with one attached hydrogen (secondary N) is 1.